The number of benzene rings is 2. The van der Waals surface area contributed by atoms with Crippen molar-refractivity contribution in [2.24, 2.45) is 0 Å². The van der Waals surface area contributed by atoms with Crippen molar-refractivity contribution >= 4 is 12.6 Å². The van der Waals surface area contributed by atoms with E-state index in [1.807, 2.05) is 6.07 Å². The van der Waals surface area contributed by atoms with Gasteiger partial charge in [-0.05, 0) is 42.5 Å². The molecule has 0 aliphatic heterocycles. The Morgan fingerprint density at radius 1 is 0.812 bits per heavy atom. The summed E-state index contributed by atoms with van der Waals surface area (Å²) >= 11 is 4.47. The summed E-state index contributed by atoms with van der Waals surface area (Å²) in [6.07, 6.45) is 2.15. The van der Waals surface area contributed by atoms with Crippen molar-refractivity contribution in [1.29, 1.82) is 0 Å². The molecule has 0 bridgehead atoms. The van der Waals surface area contributed by atoms with Crippen LogP contribution >= 0.6 is 12.6 Å². The maximum absolute atomic E-state index is 4.47. The summed E-state index contributed by atoms with van der Waals surface area (Å²) in [5.41, 5.74) is 4.13. The first-order valence-corrected chi connectivity index (χ1v) is 6.03. The van der Waals surface area contributed by atoms with Crippen molar-refractivity contribution in [2.45, 2.75) is 24.7 Å². The van der Waals surface area contributed by atoms with E-state index < -0.39 is 0 Å². The monoisotopic (exact) mass is 228 g/mol. The summed E-state index contributed by atoms with van der Waals surface area (Å²) in [6.45, 7) is 2.17. The predicted octanol–water partition coefficient (Wildman–Crippen LogP) is 4.07. The van der Waals surface area contributed by atoms with Crippen molar-refractivity contribution in [3.05, 3.63) is 65.2 Å². The van der Waals surface area contributed by atoms with Gasteiger partial charge in [-0.3, -0.25) is 0 Å². The lowest BCUT2D eigenvalue weighted by molar-refractivity contribution is 0.927. The topological polar surface area (TPSA) is 0 Å². The average Bonchev–Trinajstić information content (AvgIpc) is 2.30. The van der Waals surface area contributed by atoms with Crippen LogP contribution in [-0.4, -0.2) is 0 Å². The molecule has 0 aliphatic rings. The Labute approximate surface area is 103 Å². The largest absolute Gasteiger partial charge is 0.143 e. The Kier molecular flexibility index (Phi) is 3.68. The molecule has 16 heavy (non-hydrogen) atoms. The SMILES string of the molecule is Cc1ccccc1CCc1ccccc1S. The van der Waals surface area contributed by atoms with E-state index >= 15 is 0 Å². The number of hydrogen-bond acceptors (Lipinski definition) is 1. The lowest BCUT2D eigenvalue weighted by Crippen LogP contribution is -1.94. The van der Waals surface area contributed by atoms with Crippen LogP contribution in [-0.2, 0) is 12.8 Å². The summed E-state index contributed by atoms with van der Waals surface area (Å²) in [6, 6.07) is 16.9. The first-order valence-electron chi connectivity index (χ1n) is 5.59. The van der Waals surface area contributed by atoms with Crippen LogP contribution in [0.2, 0.25) is 0 Å². The Morgan fingerprint density at radius 2 is 1.38 bits per heavy atom. The Hall–Kier alpha value is -1.21. The fourth-order valence-corrected chi connectivity index (χ4v) is 2.15. The van der Waals surface area contributed by atoms with E-state index in [-0.39, 0.29) is 0 Å². The molecule has 0 N–H and O–H groups in total. The van der Waals surface area contributed by atoms with Gasteiger partial charge in [-0.1, -0.05) is 42.5 Å². The molecule has 0 heterocycles. The van der Waals surface area contributed by atoms with Gasteiger partial charge in [0.15, 0.2) is 0 Å². The standard InChI is InChI=1S/C15H16S/c1-12-6-2-3-7-13(12)10-11-14-8-4-5-9-15(14)16/h2-9,16H,10-11H2,1H3. The quantitative estimate of drug-likeness (QED) is 0.752. The number of hydrogen-bond donors (Lipinski definition) is 1. The van der Waals surface area contributed by atoms with Gasteiger partial charge >= 0.3 is 0 Å². The van der Waals surface area contributed by atoms with Gasteiger partial charge in [-0.25, -0.2) is 0 Å². The molecule has 0 saturated carbocycles. The minimum atomic E-state index is 1.06. The van der Waals surface area contributed by atoms with E-state index in [1.165, 1.54) is 16.7 Å². The van der Waals surface area contributed by atoms with Gasteiger partial charge in [0.1, 0.15) is 0 Å². The van der Waals surface area contributed by atoms with E-state index in [4.69, 9.17) is 0 Å². The van der Waals surface area contributed by atoms with Crippen LogP contribution in [0, 0.1) is 6.92 Å². The van der Waals surface area contributed by atoms with Crippen LogP contribution in [0.3, 0.4) is 0 Å². The summed E-state index contributed by atoms with van der Waals surface area (Å²) in [5.74, 6) is 0. The van der Waals surface area contributed by atoms with Gasteiger partial charge < -0.3 is 0 Å². The molecule has 0 aromatic heterocycles. The van der Waals surface area contributed by atoms with E-state index in [0.717, 1.165) is 17.7 Å². The summed E-state index contributed by atoms with van der Waals surface area (Å²) < 4.78 is 0. The van der Waals surface area contributed by atoms with Crippen molar-refractivity contribution in [1.82, 2.24) is 0 Å². The van der Waals surface area contributed by atoms with Crippen LogP contribution < -0.4 is 0 Å². The molecule has 0 amide bonds. The van der Waals surface area contributed by atoms with Gasteiger partial charge in [0.25, 0.3) is 0 Å². The molecule has 0 radical (unpaired) electrons. The first kappa shape index (κ1) is 11.3. The van der Waals surface area contributed by atoms with Crippen molar-refractivity contribution in [2.75, 3.05) is 0 Å². The second-order valence-corrected chi connectivity index (χ2v) is 4.54. The van der Waals surface area contributed by atoms with Crippen LogP contribution in [0.25, 0.3) is 0 Å². The van der Waals surface area contributed by atoms with Crippen LogP contribution in [0.1, 0.15) is 16.7 Å². The molecule has 1 heteroatoms. The smallest absolute Gasteiger partial charge is 0.00721 e. The zero-order chi connectivity index (χ0) is 11.4. The minimum Gasteiger partial charge on any atom is -0.143 e. The molecule has 0 nitrogen and oxygen atoms in total. The molecule has 0 spiro atoms. The highest BCUT2D eigenvalue weighted by molar-refractivity contribution is 7.80. The Balaban J connectivity index is 2.09. The molecular formula is C15H16S. The van der Waals surface area contributed by atoms with Crippen molar-refractivity contribution < 1.29 is 0 Å². The maximum atomic E-state index is 4.47. The van der Waals surface area contributed by atoms with Gasteiger partial charge in [0.05, 0.1) is 0 Å². The van der Waals surface area contributed by atoms with Gasteiger partial charge in [0, 0.05) is 4.90 Å². The summed E-state index contributed by atoms with van der Waals surface area (Å²) in [5, 5.41) is 0. The average molecular weight is 228 g/mol. The van der Waals surface area contributed by atoms with Crippen LogP contribution in [0.4, 0.5) is 0 Å². The zero-order valence-corrected chi connectivity index (χ0v) is 10.4. The zero-order valence-electron chi connectivity index (χ0n) is 9.48. The van der Waals surface area contributed by atoms with E-state index in [2.05, 4.69) is 62.0 Å². The third kappa shape index (κ3) is 2.67. The molecule has 2 aromatic carbocycles. The molecular weight excluding hydrogens is 212 g/mol. The van der Waals surface area contributed by atoms with Gasteiger partial charge in [-0.15, -0.1) is 12.6 Å². The fraction of sp³-hybridized carbons (Fsp3) is 0.200. The molecule has 0 saturated heterocycles. The Morgan fingerprint density at radius 3 is 2.06 bits per heavy atom. The van der Waals surface area contributed by atoms with E-state index in [1.54, 1.807) is 0 Å². The molecule has 0 unspecified atom stereocenters. The third-order valence-corrected chi connectivity index (χ3v) is 3.35. The molecule has 82 valence electrons. The Bertz CT molecular complexity index is 429. The van der Waals surface area contributed by atoms with Crippen molar-refractivity contribution in [3.8, 4) is 0 Å². The molecule has 0 fully saturated rings. The molecule has 0 aliphatic carbocycles. The number of thiol groups is 1. The first-order chi connectivity index (χ1) is 7.77. The second kappa shape index (κ2) is 5.22. The molecule has 2 aromatic rings. The van der Waals surface area contributed by atoms with E-state index in [9.17, 15) is 0 Å². The second-order valence-electron chi connectivity index (χ2n) is 4.06. The summed E-state index contributed by atoms with van der Waals surface area (Å²) in [4.78, 5) is 1.09. The third-order valence-electron chi connectivity index (χ3n) is 2.92. The van der Waals surface area contributed by atoms with Gasteiger partial charge in [0.2, 0.25) is 0 Å². The number of aryl methyl sites for hydroxylation is 3. The molecule has 0 atom stereocenters. The fourth-order valence-electron chi connectivity index (χ4n) is 1.88. The highest BCUT2D eigenvalue weighted by Crippen LogP contribution is 2.16. The van der Waals surface area contributed by atoms with Crippen LogP contribution in [0.5, 0.6) is 0 Å². The normalized spacial score (nSPS) is 10.4. The maximum Gasteiger partial charge on any atom is 0.00721 e. The molecule has 2 rings (SSSR count). The van der Waals surface area contributed by atoms with Crippen LogP contribution in [0.15, 0.2) is 53.4 Å². The predicted molar refractivity (Wildman–Crippen MR) is 72.3 cm³/mol. The number of rotatable bonds is 3. The highest BCUT2D eigenvalue weighted by Gasteiger charge is 2.00. The lowest BCUT2D eigenvalue weighted by atomic mass is 10.0. The van der Waals surface area contributed by atoms with Crippen molar-refractivity contribution in [3.63, 3.8) is 0 Å². The van der Waals surface area contributed by atoms with Gasteiger partial charge in [-0.2, -0.15) is 0 Å². The highest BCUT2D eigenvalue weighted by atomic mass is 32.1. The van der Waals surface area contributed by atoms with E-state index in [0.29, 0.717) is 0 Å². The minimum absolute atomic E-state index is 1.06. The lowest BCUT2D eigenvalue weighted by Gasteiger charge is -2.07. The summed E-state index contributed by atoms with van der Waals surface area (Å²) in [7, 11) is 0.